The minimum Gasteiger partial charge on any atom is -0.336 e. The maximum atomic E-state index is 12.9. The number of amides is 1. The number of carbonyl (C=O) groups is 1. The van der Waals surface area contributed by atoms with Crippen LogP contribution in [0.5, 0.6) is 0 Å². The minimum atomic E-state index is 0.110. The summed E-state index contributed by atoms with van der Waals surface area (Å²) in [5.74, 6) is 0.110. The van der Waals surface area contributed by atoms with Gasteiger partial charge in [-0.05, 0) is 63.7 Å². The highest BCUT2D eigenvalue weighted by atomic mass is 35.5. The van der Waals surface area contributed by atoms with E-state index in [9.17, 15) is 4.79 Å². The molecule has 0 N–H and O–H groups in total. The Morgan fingerprint density at radius 2 is 1.78 bits per heavy atom. The monoisotopic (exact) mass is 334 g/mol. The van der Waals surface area contributed by atoms with Crippen molar-refractivity contribution in [3.8, 4) is 0 Å². The Morgan fingerprint density at radius 1 is 1.04 bits per heavy atom. The van der Waals surface area contributed by atoms with Crippen LogP contribution in [0.3, 0.4) is 0 Å². The molecule has 0 bridgehead atoms. The first-order valence-electron chi connectivity index (χ1n) is 9.03. The van der Waals surface area contributed by atoms with E-state index in [1.54, 1.807) is 0 Å². The molecule has 0 saturated carbocycles. The van der Waals surface area contributed by atoms with Crippen LogP contribution < -0.4 is 0 Å². The molecule has 1 aromatic carbocycles. The molecule has 1 amide bonds. The van der Waals surface area contributed by atoms with Crippen LogP contribution in [-0.2, 0) is 0 Å². The summed E-state index contributed by atoms with van der Waals surface area (Å²) >= 11 is 6.23. The van der Waals surface area contributed by atoms with Crippen molar-refractivity contribution in [1.82, 2.24) is 9.80 Å². The third kappa shape index (κ3) is 4.27. The zero-order valence-corrected chi connectivity index (χ0v) is 14.6. The van der Waals surface area contributed by atoms with Gasteiger partial charge in [-0.25, -0.2) is 0 Å². The number of halogens is 1. The Balaban J connectivity index is 1.63. The number of rotatable bonds is 4. The second-order valence-electron chi connectivity index (χ2n) is 6.82. The second-order valence-corrected chi connectivity index (χ2v) is 7.23. The molecular weight excluding hydrogens is 308 g/mol. The van der Waals surface area contributed by atoms with Gasteiger partial charge in [-0.15, -0.1) is 0 Å². The molecule has 3 rings (SSSR count). The second kappa shape index (κ2) is 8.16. The molecule has 4 heteroatoms. The van der Waals surface area contributed by atoms with Gasteiger partial charge in [0, 0.05) is 19.1 Å². The Kier molecular flexibility index (Phi) is 5.96. The average molecular weight is 335 g/mol. The summed E-state index contributed by atoms with van der Waals surface area (Å²) in [6, 6.07) is 7.80. The normalized spacial score (nSPS) is 23.0. The van der Waals surface area contributed by atoms with Crippen LogP contribution in [0.1, 0.15) is 55.3 Å². The predicted octanol–water partition coefficient (Wildman–Crippen LogP) is 4.21. The molecule has 0 radical (unpaired) electrons. The molecule has 0 unspecified atom stereocenters. The van der Waals surface area contributed by atoms with Crippen LogP contribution in [0.25, 0.3) is 0 Å². The summed E-state index contributed by atoms with van der Waals surface area (Å²) in [6.45, 7) is 4.45. The van der Waals surface area contributed by atoms with Crippen LogP contribution in [-0.4, -0.2) is 47.9 Å². The lowest BCUT2D eigenvalue weighted by atomic mass is 9.97. The fraction of sp³-hybridized carbons (Fsp3) is 0.632. The van der Waals surface area contributed by atoms with Gasteiger partial charge in [-0.2, -0.15) is 0 Å². The molecule has 1 atom stereocenters. The van der Waals surface area contributed by atoms with Gasteiger partial charge in [0.05, 0.1) is 10.6 Å². The first-order chi connectivity index (χ1) is 11.3. The van der Waals surface area contributed by atoms with Crippen LogP contribution >= 0.6 is 11.6 Å². The Hall–Kier alpha value is -1.06. The van der Waals surface area contributed by atoms with Crippen molar-refractivity contribution in [3.05, 3.63) is 34.9 Å². The average Bonchev–Trinajstić information content (AvgIpc) is 2.61. The van der Waals surface area contributed by atoms with Crippen molar-refractivity contribution in [3.63, 3.8) is 0 Å². The summed E-state index contributed by atoms with van der Waals surface area (Å²) in [5, 5.41) is 0.567. The van der Waals surface area contributed by atoms with Crippen molar-refractivity contribution >= 4 is 17.5 Å². The van der Waals surface area contributed by atoms with E-state index in [0.29, 0.717) is 16.6 Å². The van der Waals surface area contributed by atoms with E-state index in [1.165, 1.54) is 38.8 Å². The van der Waals surface area contributed by atoms with Gasteiger partial charge in [0.25, 0.3) is 5.91 Å². The van der Waals surface area contributed by atoms with E-state index in [-0.39, 0.29) is 5.91 Å². The van der Waals surface area contributed by atoms with Crippen molar-refractivity contribution in [2.45, 2.75) is 51.0 Å². The molecule has 2 heterocycles. The topological polar surface area (TPSA) is 23.6 Å². The first kappa shape index (κ1) is 16.8. The lowest BCUT2D eigenvalue weighted by molar-refractivity contribution is 0.0579. The fourth-order valence-corrected chi connectivity index (χ4v) is 4.09. The third-order valence-corrected chi connectivity index (χ3v) is 5.55. The highest BCUT2D eigenvalue weighted by Crippen LogP contribution is 2.25. The Bertz CT molecular complexity index is 528. The number of carbonyl (C=O) groups excluding carboxylic acids is 1. The molecule has 0 spiro atoms. The van der Waals surface area contributed by atoms with Crippen LogP contribution in [0.15, 0.2) is 24.3 Å². The van der Waals surface area contributed by atoms with E-state index in [2.05, 4.69) is 9.80 Å². The molecule has 0 aliphatic carbocycles. The molecule has 2 aliphatic rings. The molecule has 2 fully saturated rings. The maximum Gasteiger partial charge on any atom is 0.255 e. The standard InChI is InChI=1S/C19H27ClN2O/c20-18-10-3-2-9-17(18)19(23)22-14-7-4-8-16(22)11-15-21-12-5-1-6-13-21/h2-3,9-10,16H,1,4-8,11-15H2/t16-/m1/s1. The molecular formula is C19H27ClN2O. The van der Waals surface area contributed by atoms with Crippen molar-refractivity contribution in [2.75, 3.05) is 26.2 Å². The number of likely N-dealkylation sites (tertiary alicyclic amines) is 2. The highest BCUT2D eigenvalue weighted by Gasteiger charge is 2.28. The zero-order valence-electron chi connectivity index (χ0n) is 13.8. The quantitative estimate of drug-likeness (QED) is 0.823. The largest absolute Gasteiger partial charge is 0.336 e. The third-order valence-electron chi connectivity index (χ3n) is 5.22. The SMILES string of the molecule is O=C(c1ccccc1Cl)N1CCCC[C@@H]1CCN1CCCCC1. The van der Waals surface area contributed by atoms with Gasteiger partial charge in [0.2, 0.25) is 0 Å². The van der Waals surface area contributed by atoms with Gasteiger partial charge in [0.15, 0.2) is 0 Å². The lowest BCUT2D eigenvalue weighted by Crippen LogP contribution is -2.45. The first-order valence-corrected chi connectivity index (χ1v) is 9.41. The van der Waals surface area contributed by atoms with Gasteiger partial charge >= 0.3 is 0 Å². The highest BCUT2D eigenvalue weighted by molar-refractivity contribution is 6.33. The maximum absolute atomic E-state index is 12.9. The summed E-state index contributed by atoms with van der Waals surface area (Å²) < 4.78 is 0. The number of piperidine rings is 2. The number of hydrogen-bond donors (Lipinski definition) is 0. The van der Waals surface area contributed by atoms with Crippen molar-refractivity contribution < 1.29 is 4.79 Å². The zero-order chi connectivity index (χ0) is 16.1. The lowest BCUT2D eigenvalue weighted by Gasteiger charge is -2.37. The number of hydrogen-bond acceptors (Lipinski definition) is 2. The molecule has 2 saturated heterocycles. The van der Waals surface area contributed by atoms with E-state index < -0.39 is 0 Å². The van der Waals surface area contributed by atoms with Crippen molar-refractivity contribution in [2.24, 2.45) is 0 Å². The number of benzene rings is 1. The molecule has 3 nitrogen and oxygen atoms in total. The van der Waals surface area contributed by atoms with Gasteiger partial charge in [-0.1, -0.05) is 30.2 Å². The van der Waals surface area contributed by atoms with Gasteiger partial charge in [0.1, 0.15) is 0 Å². The summed E-state index contributed by atoms with van der Waals surface area (Å²) in [7, 11) is 0. The van der Waals surface area contributed by atoms with E-state index in [0.717, 1.165) is 32.4 Å². The molecule has 1 aromatic rings. The van der Waals surface area contributed by atoms with E-state index >= 15 is 0 Å². The molecule has 0 aromatic heterocycles. The Morgan fingerprint density at radius 3 is 2.57 bits per heavy atom. The minimum absolute atomic E-state index is 0.110. The van der Waals surface area contributed by atoms with Crippen LogP contribution in [0.4, 0.5) is 0 Å². The molecule has 2 aliphatic heterocycles. The summed E-state index contributed by atoms with van der Waals surface area (Å²) in [5.41, 5.74) is 0.652. The van der Waals surface area contributed by atoms with E-state index in [1.807, 2.05) is 24.3 Å². The van der Waals surface area contributed by atoms with Gasteiger partial charge < -0.3 is 9.80 Å². The van der Waals surface area contributed by atoms with Crippen molar-refractivity contribution in [1.29, 1.82) is 0 Å². The smallest absolute Gasteiger partial charge is 0.255 e. The number of nitrogens with zero attached hydrogens (tertiary/aromatic N) is 2. The Labute approximate surface area is 144 Å². The summed E-state index contributed by atoms with van der Waals surface area (Å²) in [4.78, 5) is 17.6. The molecule has 23 heavy (non-hydrogen) atoms. The molecule has 126 valence electrons. The van der Waals surface area contributed by atoms with Crippen LogP contribution in [0.2, 0.25) is 5.02 Å². The van der Waals surface area contributed by atoms with E-state index in [4.69, 9.17) is 11.6 Å². The summed E-state index contributed by atoms with van der Waals surface area (Å²) in [6.07, 6.45) is 8.59. The predicted molar refractivity (Wildman–Crippen MR) is 95.0 cm³/mol. The van der Waals surface area contributed by atoms with Crippen LogP contribution in [0, 0.1) is 0 Å². The fourth-order valence-electron chi connectivity index (χ4n) is 3.87. The van der Waals surface area contributed by atoms with Gasteiger partial charge in [-0.3, -0.25) is 4.79 Å².